The minimum atomic E-state index is 0.234. The monoisotopic (exact) mass is 242 g/mol. The highest BCUT2D eigenvalue weighted by Crippen LogP contribution is 2.14. The molecule has 0 aliphatic carbocycles. The molecule has 0 saturated heterocycles. The van der Waals surface area contributed by atoms with Crippen LogP contribution in [0.5, 0.6) is 0 Å². The summed E-state index contributed by atoms with van der Waals surface area (Å²) in [4.78, 5) is 7.28. The van der Waals surface area contributed by atoms with Crippen LogP contribution in [0.25, 0.3) is 0 Å². The lowest BCUT2D eigenvalue weighted by atomic mass is 10.1. The van der Waals surface area contributed by atoms with Gasteiger partial charge in [-0.15, -0.1) is 11.6 Å². The molecule has 0 spiro atoms. The molecule has 16 heavy (non-hydrogen) atoms. The number of imidazole rings is 1. The van der Waals surface area contributed by atoms with Crippen LogP contribution in [-0.2, 0) is 6.42 Å². The summed E-state index contributed by atoms with van der Waals surface area (Å²) in [6.07, 6.45) is 13.6. The van der Waals surface area contributed by atoms with E-state index in [1.807, 2.05) is 6.20 Å². The second kappa shape index (κ2) is 8.63. The summed E-state index contributed by atoms with van der Waals surface area (Å²) in [5.74, 6) is 1.01. The molecular weight excluding hydrogens is 220 g/mol. The second-order valence-electron chi connectivity index (χ2n) is 4.39. The van der Waals surface area contributed by atoms with E-state index in [0.29, 0.717) is 0 Å². The standard InChI is InChI=1S/C13H23ClN2/c1-2-3-4-5-6-7-8-12(14)11-13-15-9-10-16-13/h9-10,12H,2-8,11H2,1H3,(H,15,16). The summed E-state index contributed by atoms with van der Waals surface area (Å²) >= 11 is 6.25. The summed E-state index contributed by atoms with van der Waals surface area (Å²) in [5.41, 5.74) is 0. The Labute approximate surface area is 104 Å². The molecule has 1 aromatic rings. The fraction of sp³-hybridized carbons (Fsp3) is 0.769. The van der Waals surface area contributed by atoms with Crippen molar-refractivity contribution in [2.75, 3.05) is 0 Å². The molecule has 0 aliphatic heterocycles. The number of halogens is 1. The molecule has 0 saturated carbocycles. The van der Waals surface area contributed by atoms with Crippen molar-refractivity contribution in [3.05, 3.63) is 18.2 Å². The van der Waals surface area contributed by atoms with Crippen LogP contribution >= 0.6 is 11.6 Å². The molecule has 1 unspecified atom stereocenters. The molecule has 92 valence electrons. The molecule has 0 amide bonds. The zero-order chi connectivity index (χ0) is 11.6. The van der Waals surface area contributed by atoms with Gasteiger partial charge in [0.05, 0.1) is 0 Å². The van der Waals surface area contributed by atoms with Gasteiger partial charge in [0.1, 0.15) is 5.82 Å². The van der Waals surface area contributed by atoms with Crippen molar-refractivity contribution in [2.24, 2.45) is 0 Å². The molecule has 0 bridgehead atoms. The minimum Gasteiger partial charge on any atom is -0.349 e. The summed E-state index contributed by atoms with van der Waals surface area (Å²) in [7, 11) is 0. The van der Waals surface area contributed by atoms with Gasteiger partial charge in [-0.3, -0.25) is 0 Å². The first-order chi connectivity index (χ1) is 7.83. The number of alkyl halides is 1. The van der Waals surface area contributed by atoms with E-state index in [4.69, 9.17) is 11.6 Å². The first-order valence-corrected chi connectivity index (χ1v) is 6.89. The van der Waals surface area contributed by atoms with E-state index in [2.05, 4.69) is 16.9 Å². The third-order valence-electron chi connectivity index (χ3n) is 2.84. The van der Waals surface area contributed by atoms with Gasteiger partial charge in [-0.2, -0.15) is 0 Å². The highest BCUT2D eigenvalue weighted by atomic mass is 35.5. The second-order valence-corrected chi connectivity index (χ2v) is 5.01. The van der Waals surface area contributed by atoms with Crippen molar-refractivity contribution in [2.45, 2.75) is 63.7 Å². The lowest BCUT2D eigenvalue weighted by molar-refractivity contribution is 0.575. The summed E-state index contributed by atoms with van der Waals surface area (Å²) in [5, 5.41) is 0.234. The third-order valence-corrected chi connectivity index (χ3v) is 3.21. The number of hydrogen-bond donors (Lipinski definition) is 1. The number of rotatable bonds is 9. The minimum absolute atomic E-state index is 0.234. The van der Waals surface area contributed by atoms with E-state index in [1.165, 1.54) is 38.5 Å². The van der Waals surface area contributed by atoms with Gasteiger partial charge < -0.3 is 4.98 Å². The SMILES string of the molecule is CCCCCCCCC(Cl)Cc1ncc[nH]1. The first kappa shape index (κ1) is 13.6. The van der Waals surface area contributed by atoms with Gasteiger partial charge >= 0.3 is 0 Å². The Bertz CT molecular complexity index is 246. The van der Waals surface area contributed by atoms with Crippen LogP contribution in [-0.4, -0.2) is 15.3 Å². The van der Waals surface area contributed by atoms with E-state index >= 15 is 0 Å². The van der Waals surface area contributed by atoms with Gasteiger partial charge in [-0.05, 0) is 6.42 Å². The van der Waals surface area contributed by atoms with Crippen molar-refractivity contribution in [3.8, 4) is 0 Å². The fourth-order valence-electron chi connectivity index (χ4n) is 1.87. The van der Waals surface area contributed by atoms with Gasteiger partial charge in [-0.1, -0.05) is 45.4 Å². The molecular formula is C13H23ClN2. The van der Waals surface area contributed by atoms with Crippen LogP contribution in [0, 0.1) is 0 Å². The van der Waals surface area contributed by atoms with E-state index in [0.717, 1.165) is 18.7 Å². The molecule has 1 atom stereocenters. The Morgan fingerprint density at radius 1 is 1.25 bits per heavy atom. The topological polar surface area (TPSA) is 28.7 Å². The number of aromatic amines is 1. The normalized spacial score (nSPS) is 12.9. The fourth-order valence-corrected chi connectivity index (χ4v) is 2.17. The molecule has 0 aliphatic rings. The van der Waals surface area contributed by atoms with E-state index in [9.17, 15) is 0 Å². The Balaban J connectivity index is 1.96. The Morgan fingerprint density at radius 2 is 2.00 bits per heavy atom. The van der Waals surface area contributed by atoms with Crippen molar-refractivity contribution >= 4 is 11.6 Å². The van der Waals surface area contributed by atoms with Gasteiger partial charge in [0.2, 0.25) is 0 Å². The highest BCUT2D eigenvalue weighted by molar-refractivity contribution is 6.20. The van der Waals surface area contributed by atoms with E-state index < -0.39 is 0 Å². The van der Waals surface area contributed by atoms with Crippen molar-refractivity contribution in [3.63, 3.8) is 0 Å². The van der Waals surface area contributed by atoms with Crippen LogP contribution < -0.4 is 0 Å². The van der Waals surface area contributed by atoms with Crippen molar-refractivity contribution in [1.29, 1.82) is 0 Å². The van der Waals surface area contributed by atoms with E-state index in [-0.39, 0.29) is 5.38 Å². The molecule has 0 radical (unpaired) electrons. The van der Waals surface area contributed by atoms with Crippen molar-refractivity contribution < 1.29 is 0 Å². The van der Waals surface area contributed by atoms with Crippen LogP contribution in [0.4, 0.5) is 0 Å². The smallest absolute Gasteiger partial charge is 0.107 e. The summed E-state index contributed by atoms with van der Waals surface area (Å²) < 4.78 is 0. The predicted molar refractivity (Wildman–Crippen MR) is 69.9 cm³/mol. The Kier molecular flexibility index (Phi) is 7.32. The molecule has 2 nitrogen and oxygen atoms in total. The number of nitrogens with zero attached hydrogens (tertiary/aromatic N) is 1. The largest absolute Gasteiger partial charge is 0.349 e. The number of unbranched alkanes of at least 4 members (excludes halogenated alkanes) is 5. The highest BCUT2D eigenvalue weighted by Gasteiger charge is 2.06. The van der Waals surface area contributed by atoms with Crippen LogP contribution in [0.2, 0.25) is 0 Å². The van der Waals surface area contributed by atoms with E-state index in [1.54, 1.807) is 6.20 Å². The average molecular weight is 243 g/mol. The van der Waals surface area contributed by atoms with Crippen LogP contribution in [0.15, 0.2) is 12.4 Å². The van der Waals surface area contributed by atoms with Gasteiger partial charge in [0, 0.05) is 24.2 Å². The number of H-pyrrole nitrogens is 1. The number of nitrogens with one attached hydrogen (secondary N) is 1. The van der Waals surface area contributed by atoms with Gasteiger partial charge in [0.25, 0.3) is 0 Å². The van der Waals surface area contributed by atoms with Gasteiger partial charge in [0.15, 0.2) is 0 Å². The Morgan fingerprint density at radius 3 is 2.69 bits per heavy atom. The molecule has 1 heterocycles. The predicted octanol–water partition coefficient (Wildman–Crippen LogP) is 4.31. The maximum atomic E-state index is 6.25. The van der Waals surface area contributed by atoms with Crippen LogP contribution in [0.1, 0.15) is 57.7 Å². The lowest BCUT2D eigenvalue weighted by Gasteiger charge is -2.07. The number of hydrogen-bond acceptors (Lipinski definition) is 1. The average Bonchev–Trinajstić information content (AvgIpc) is 2.76. The summed E-state index contributed by atoms with van der Waals surface area (Å²) in [6, 6.07) is 0. The molecule has 0 aromatic carbocycles. The molecule has 3 heteroatoms. The zero-order valence-corrected chi connectivity index (χ0v) is 11.0. The molecule has 1 N–H and O–H groups in total. The number of aromatic nitrogens is 2. The third kappa shape index (κ3) is 6.16. The first-order valence-electron chi connectivity index (χ1n) is 6.45. The van der Waals surface area contributed by atoms with Gasteiger partial charge in [-0.25, -0.2) is 4.98 Å². The quantitative estimate of drug-likeness (QED) is 0.507. The molecule has 0 fully saturated rings. The van der Waals surface area contributed by atoms with Crippen LogP contribution in [0.3, 0.4) is 0 Å². The molecule has 1 aromatic heterocycles. The maximum Gasteiger partial charge on any atom is 0.107 e. The zero-order valence-electron chi connectivity index (χ0n) is 10.2. The molecule has 1 rings (SSSR count). The Hall–Kier alpha value is -0.500. The lowest BCUT2D eigenvalue weighted by Crippen LogP contribution is -2.04. The maximum absolute atomic E-state index is 6.25. The van der Waals surface area contributed by atoms with Crippen molar-refractivity contribution in [1.82, 2.24) is 9.97 Å². The summed E-state index contributed by atoms with van der Waals surface area (Å²) in [6.45, 7) is 2.25.